The van der Waals surface area contributed by atoms with Crippen LogP contribution in [0.1, 0.15) is 17.8 Å². The molecule has 9 heteroatoms. The van der Waals surface area contributed by atoms with Gasteiger partial charge in [-0.1, -0.05) is 23.1 Å². The third kappa shape index (κ3) is 4.65. The Morgan fingerprint density at radius 3 is 3.00 bits per heavy atom. The summed E-state index contributed by atoms with van der Waals surface area (Å²) < 4.78 is 12.1. The zero-order valence-corrected chi connectivity index (χ0v) is 16.8. The van der Waals surface area contributed by atoms with Gasteiger partial charge in [0.2, 0.25) is 5.91 Å². The zero-order valence-electron chi connectivity index (χ0n) is 15.1. The van der Waals surface area contributed by atoms with E-state index in [2.05, 4.69) is 15.5 Å². The highest BCUT2D eigenvalue weighted by molar-refractivity contribution is 8.01. The first kappa shape index (κ1) is 18.4. The van der Waals surface area contributed by atoms with E-state index in [1.165, 1.54) is 23.1 Å². The Morgan fingerprint density at radius 1 is 1.33 bits per heavy atom. The fraction of sp³-hybridized carbons (Fsp3) is 0.500. The van der Waals surface area contributed by atoms with Gasteiger partial charge in [0.05, 0.1) is 5.75 Å². The number of carbonyl (C=O) groups excluding carboxylic acids is 1. The summed E-state index contributed by atoms with van der Waals surface area (Å²) in [5, 5.41) is 12.5. The monoisotopic (exact) mass is 406 g/mol. The molecule has 1 amide bonds. The number of hydrogen-bond donors (Lipinski definition) is 1. The van der Waals surface area contributed by atoms with Crippen molar-refractivity contribution < 1.29 is 14.3 Å². The molecule has 1 atom stereocenters. The number of thioether (sulfide) groups is 1. The van der Waals surface area contributed by atoms with Crippen LogP contribution < -0.4 is 14.8 Å². The molecular weight excluding hydrogens is 384 g/mol. The molecule has 144 valence electrons. The number of nitrogens with zero attached hydrogens (tertiary/aromatic N) is 3. The van der Waals surface area contributed by atoms with Gasteiger partial charge in [-0.05, 0) is 31.9 Å². The maximum atomic E-state index is 12.6. The lowest BCUT2D eigenvalue weighted by Gasteiger charge is -2.34. The van der Waals surface area contributed by atoms with Crippen LogP contribution in [0.25, 0.3) is 0 Å². The molecule has 3 heterocycles. The van der Waals surface area contributed by atoms with Crippen molar-refractivity contribution >= 4 is 34.7 Å². The molecule has 1 fully saturated rings. The van der Waals surface area contributed by atoms with Crippen molar-refractivity contribution in [1.29, 1.82) is 0 Å². The highest BCUT2D eigenvalue weighted by atomic mass is 32.2. The molecule has 2 aliphatic rings. The minimum Gasteiger partial charge on any atom is -0.486 e. The lowest BCUT2D eigenvalue weighted by molar-refractivity contribution is -0.129. The predicted octanol–water partition coefficient (Wildman–Crippen LogP) is 2.81. The van der Waals surface area contributed by atoms with Crippen LogP contribution >= 0.6 is 23.1 Å². The topological polar surface area (TPSA) is 76.6 Å². The second kappa shape index (κ2) is 8.35. The van der Waals surface area contributed by atoms with E-state index < -0.39 is 0 Å². The molecular formula is C18H22N4O3S2. The number of aromatic nitrogens is 2. The number of rotatable bonds is 5. The van der Waals surface area contributed by atoms with Crippen LogP contribution in [-0.2, 0) is 4.79 Å². The Hall–Kier alpha value is -2.00. The third-order valence-electron chi connectivity index (χ3n) is 4.51. The Balaban J connectivity index is 1.31. The van der Waals surface area contributed by atoms with Gasteiger partial charge in [-0.15, -0.1) is 10.2 Å². The Morgan fingerprint density at radius 2 is 2.19 bits per heavy atom. The SMILES string of the molecule is Cc1nnc(SCC(=O)N2CCCC(Nc3ccc4c(c3)OCCO4)C2)s1. The van der Waals surface area contributed by atoms with E-state index >= 15 is 0 Å². The maximum Gasteiger partial charge on any atom is 0.233 e. The van der Waals surface area contributed by atoms with Gasteiger partial charge in [0.1, 0.15) is 18.2 Å². The van der Waals surface area contributed by atoms with Crippen LogP contribution in [0.3, 0.4) is 0 Å². The van der Waals surface area contributed by atoms with Crippen molar-refractivity contribution in [3.63, 3.8) is 0 Å². The molecule has 0 spiro atoms. The Bertz CT molecular complexity index is 814. The minimum absolute atomic E-state index is 0.154. The predicted molar refractivity (Wildman–Crippen MR) is 106 cm³/mol. The van der Waals surface area contributed by atoms with Gasteiger partial charge in [-0.3, -0.25) is 4.79 Å². The van der Waals surface area contributed by atoms with Crippen LogP contribution in [0, 0.1) is 6.92 Å². The summed E-state index contributed by atoms with van der Waals surface area (Å²) in [5.41, 5.74) is 0.997. The second-order valence-corrected chi connectivity index (χ2v) is 8.96. The summed E-state index contributed by atoms with van der Waals surface area (Å²) in [4.78, 5) is 14.5. The van der Waals surface area contributed by atoms with E-state index in [0.29, 0.717) is 25.5 Å². The van der Waals surface area contributed by atoms with Crippen LogP contribution in [0.2, 0.25) is 0 Å². The number of piperidine rings is 1. The summed E-state index contributed by atoms with van der Waals surface area (Å²) in [5.74, 6) is 2.13. The number of likely N-dealkylation sites (tertiary alicyclic amines) is 1. The molecule has 1 saturated heterocycles. The van der Waals surface area contributed by atoms with E-state index in [0.717, 1.165) is 45.9 Å². The fourth-order valence-electron chi connectivity index (χ4n) is 3.24. The molecule has 0 aliphatic carbocycles. The van der Waals surface area contributed by atoms with E-state index in [9.17, 15) is 4.79 Å². The van der Waals surface area contributed by atoms with Gasteiger partial charge in [0, 0.05) is 30.9 Å². The average Bonchev–Trinajstić information content (AvgIpc) is 3.11. The third-order valence-corrected chi connectivity index (χ3v) is 6.47. The quantitative estimate of drug-likeness (QED) is 0.765. The first-order valence-corrected chi connectivity index (χ1v) is 10.8. The lowest BCUT2D eigenvalue weighted by atomic mass is 10.1. The molecule has 0 bridgehead atoms. The standard InChI is InChI=1S/C18H22N4O3S2/c1-12-20-21-18(27-12)26-11-17(23)22-6-2-3-14(10-22)19-13-4-5-15-16(9-13)25-8-7-24-15/h4-5,9,14,19H,2-3,6-8,10-11H2,1H3. The first-order chi connectivity index (χ1) is 13.2. The van der Waals surface area contributed by atoms with Crippen molar-refractivity contribution in [2.45, 2.75) is 30.1 Å². The van der Waals surface area contributed by atoms with Gasteiger partial charge >= 0.3 is 0 Å². The summed E-state index contributed by atoms with van der Waals surface area (Å²) in [6, 6.07) is 6.15. The van der Waals surface area contributed by atoms with Crippen molar-refractivity contribution in [3.8, 4) is 11.5 Å². The highest BCUT2D eigenvalue weighted by Gasteiger charge is 2.24. The molecule has 0 saturated carbocycles. The van der Waals surface area contributed by atoms with Crippen molar-refractivity contribution in [2.24, 2.45) is 0 Å². The number of hydrogen-bond acceptors (Lipinski definition) is 8. The smallest absolute Gasteiger partial charge is 0.233 e. The molecule has 2 aromatic rings. The number of anilines is 1. The second-order valence-electron chi connectivity index (χ2n) is 6.56. The number of fused-ring (bicyclic) bond motifs is 1. The van der Waals surface area contributed by atoms with Gasteiger partial charge in [-0.2, -0.15) is 0 Å². The number of nitrogens with one attached hydrogen (secondary N) is 1. The minimum atomic E-state index is 0.154. The fourth-order valence-corrected chi connectivity index (χ4v) is 4.96. The Kier molecular flexibility index (Phi) is 5.68. The number of ether oxygens (including phenoxy) is 2. The number of aryl methyl sites for hydroxylation is 1. The van der Waals surface area contributed by atoms with Crippen LogP contribution in [0.15, 0.2) is 22.5 Å². The summed E-state index contributed by atoms with van der Waals surface area (Å²) >= 11 is 2.99. The summed E-state index contributed by atoms with van der Waals surface area (Å²) in [6.07, 6.45) is 2.04. The normalized spacial score (nSPS) is 19.0. The molecule has 1 unspecified atom stereocenters. The van der Waals surface area contributed by atoms with Gasteiger partial charge in [0.25, 0.3) is 0 Å². The zero-order chi connectivity index (χ0) is 18.6. The number of benzene rings is 1. The summed E-state index contributed by atoms with van der Waals surface area (Å²) in [7, 11) is 0. The van der Waals surface area contributed by atoms with E-state index in [1.54, 1.807) is 0 Å². The molecule has 1 aromatic heterocycles. The molecule has 4 rings (SSSR count). The van der Waals surface area contributed by atoms with Crippen molar-refractivity contribution in [1.82, 2.24) is 15.1 Å². The lowest BCUT2D eigenvalue weighted by Crippen LogP contribution is -2.45. The van der Waals surface area contributed by atoms with Crippen LogP contribution in [0.5, 0.6) is 11.5 Å². The molecule has 1 N–H and O–H groups in total. The van der Waals surface area contributed by atoms with Gasteiger partial charge < -0.3 is 19.7 Å². The van der Waals surface area contributed by atoms with Gasteiger partial charge in [-0.25, -0.2) is 0 Å². The molecule has 27 heavy (non-hydrogen) atoms. The largest absolute Gasteiger partial charge is 0.486 e. The van der Waals surface area contributed by atoms with Crippen LogP contribution in [-0.4, -0.2) is 59.1 Å². The number of carbonyl (C=O) groups is 1. The molecule has 0 radical (unpaired) electrons. The molecule has 7 nitrogen and oxygen atoms in total. The molecule has 2 aliphatic heterocycles. The van der Waals surface area contributed by atoms with E-state index in [-0.39, 0.29) is 11.9 Å². The van der Waals surface area contributed by atoms with Crippen LogP contribution in [0.4, 0.5) is 5.69 Å². The highest BCUT2D eigenvalue weighted by Crippen LogP contribution is 2.33. The summed E-state index contributed by atoms with van der Waals surface area (Å²) in [6.45, 7) is 4.61. The number of amides is 1. The van der Waals surface area contributed by atoms with Crippen molar-refractivity contribution in [3.05, 3.63) is 23.2 Å². The Labute approximate surface area is 166 Å². The van der Waals surface area contributed by atoms with Gasteiger partial charge in [0.15, 0.2) is 15.8 Å². The van der Waals surface area contributed by atoms with E-state index in [1.807, 2.05) is 30.0 Å². The molecule has 1 aromatic carbocycles. The maximum absolute atomic E-state index is 12.6. The van der Waals surface area contributed by atoms with E-state index in [4.69, 9.17) is 9.47 Å². The van der Waals surface area contributed by atoms with Crippen molar-refractivity contribution in [2.75, 3.05) is 37.4 Å². The first-order valence-electron chi connectivity index (χ1n) is 9.04. The average molecular weight is 407 g/mol.